The largest absolute Gasteiger partial charge is 0.486 e. The Labute approximate surface area is 112 Å². The minimum Gasteiger partial charge on any atom is -0.486 e. The second-order valence-electron chi connectivity index (χ2n) is 4.81. The molecule has 0 amide bonds. The van der Waals surface area contributed by atoms with E-state index in [1.807, 2.05) is 6.07 Å². The molecule has 2 aromatic rings. The van der Waals surface area contributed by atoms with Crippen molar-refractivity contribution in [3.05, 3.63) is 53.6 Å². The number of hydrogen-bond donors (Lipinski definition) is 1. The van der Waals surface area contributed by atoms with Gasteiger partial charge in [0.1, 0.15) is 12.4 Å². The molecular weight excluding hydrogens is 238 g/mol. The zero-order valence-electron chi connectivity index (χ0n) is 10.7. The molecule has 1 aliphatic carbocycles. The lowest BCUT2D eigenvalue weighted by Crippen LogP contribution is -2.17. The molecule has 1 aromatic carbocycles. The van der Waals surface area contributed by atoms with Crippen molar-refractivity contribution in [3.8, 4) is 5.75 Å². The van der Waals surface area contributed by atoms with E-state index in [1.54, 1.807) is 18.5 Å². The van der Waals surface area contributed by atoms with Gasteiger partial charge in [0, 0.05) is 18.4 Å². The first-order valence-corrected chi connectivity index (χ1v) is 6.60. The molecule has 1 unspecified atom stereocenters. The van der Waals surface area contributed by atoms with Gasteiger partial charge in [-0.05, 0) is 48.6 Å². The summed E-state index contributed by atoms with van der Waals surface area (Å²) in [5.74, 6) is 1.55. The Bertz CT molecular complexity index is 557. The molecule has 4 nitrogen and oxygen atoms in total. The standard InChI is InChI=1S/C15H17N3O/c16-14-4-1-3-11-9-12(5-6-13(11)14)19-10-15-17-7-2-8-18-15/h2,5-9,14H,1,3-4,10,16H2. The smallest absolute Gasteiger partial charge is 0.166 e. The summed E-state index contributed by atoms with van der Waals surface area (Å²) in [6.07, 6.45) is 6.75. The summed E-state index contributed by atoms with van der Waals surface area (Å²) in [6, 6.07) is 8.13. The third-order valence-electron chi connectivity index (χ3n) is 3.46. The van der Waals surface area contributed by atoms with E-state index in [0.29, 0.717) is 12.4 Å². The monoisotopic (exact) mass is 255 g/mol. The van der Waals surface area contributed by atoms with Gasteiger partial charge in [-0.25, -0.2) is 9.97 Å². The van der Waals surface area contributed by atoms with Crippen molar-refractivity contribution < 1.29 is 4.74 Å². The van der Waals surface area contributed by atoms with Crippen LogP contribution in [0, 0.1) is 0 Å². The van der Waals surface area contributed by atoms with Gasteiger partial charge in [-0.3, -0.25) is 0 Å². The zero-order chi connectivity index (χ0) is 13.1. The SMILES string of the molecule is NC1CCCc2cc(OCc3ncccn3)ccc21. The Hall–Kier alpha value is -1.94. The van der Waals surface area contributed by atoms with Crippen LogP contribution in [0.5, 0.6) is 5.75 Å². The van der Waals surface area contributed by atoms with E-state index in [9.17, 15) is 0 Å². The molecule has 2 N–H and O–H groups in total. The van der Waals surface area contributed by atoms with Crippen LogP contribution in [0.15, 0.2) is 36.7 Å². The number of ether oxygens (including phenoxy) is 1. The number of aromatic nitrogens is 2. The summed E-state index contributed by atoms with van der Waals surface area (Å²) < 4.78 is 5.73. The molecule has 1 aromatic heterocycles. The molecule has 1 aliphatic rings. The molecule has 3 rings (SSSR count). The minimum absolute atomic E-state index is 0.176. The van der Waals surface area contributed by atoms with Gasteiger partial charge in [-0.15, -0.1) is 0 Å². The van der Waals surface area contributed by atoms with Crippen molar-refractivity contribution >= 4 is 0 Å². The first-order chi connectivity index (χ1) is 9.33. The van der Waals surface area contributed by atoms with Gasteiger partial charge in [0.05, 0.1) is 0 Å². The van der Waals surface area contributed by atoms with Gasteiger partial charge in [-0.2, -0.15) is 0 Å². The maximum absolute atomic E-state index is 6.10. The van der Waals surface area contributed by atoms with Crippen LogP contribution in [0.25, 0.3) is 0 Å². The number of rotatable bonds is 3. The Morgan fingerprint density at radius 1 is 1.26 bits per heavy atom. The topological polar surface area (TPSA) is 61.0 Å². The predicted octanol–water partition coefficient (Wildman–Crippen LogP) is 2.39. The van der Waals surface area contributed by atoms with E-state index in [2.05, 4.69) is 22.1 Å². The lowest BCUT2D eigenvalue weighted by atomic mass is 9.88. The van der Waals surface area contributed by atoms with E-state index < -0.39 is 0 Å². The number of benzene rings is 1. The summed E-state index contributed by atoms with van der Waals surface area (Å²) in [6.45, 7) is 0.395. The highest BCUT2D eigenvalue weighted by atomic mass is 16.5. The Balaban J connectivity index is 1.72. The van der Waals surface area contributed by atoms with Crippen molar-refractivity contribution in [3.63, 3.8) is 0 Å². The molecule has 1 atom stereocenters. The maximum atomic E-state index is 6.10. The zero-order valence-corrected chi connectivity index (χ0v) is 10.7. The van der Waals surface area contributed by atoms with E-state index in [0.717, 1.165) is 25.0 Å². The van der Waals surface area contributed by atoms with Crippen molar-refractivity contribution in [2.75, 3.05) is 0 Å². The number of nitrogens with two attached hydrogens (primary N) is 1. The van der Waals surface area contributed by atoms with Gasteiger partial charge in [0.25, 0.3) is 0 Å². The average Bonchev–Trinajstić information content (AvgIpc) is 2.46. The van der Waals surface area contributed by atoms with Gasteiger partial charge in [0.15, 0.2) is 5.82 Å². The highest BCUT2D eigenvalue weighted by Crippen LogP contribution is 2.30. The molecule has 0 saturated carbocycles. The first kappa shape index (κ1) is 12.1. The molecule has 0 saturated heterocycles. The minimum atomic E-state index is 0.176. The molecule has 19 heavy (non-hydrogen) atoms. The highest BCUT2D eigenvalue weighted by Gasteiger charge is 2.16. The Morgan fingerprint density at radius 3 is 2.95 bits per heavy atom. The fourth-order valence-electron chi connectivity index (χ4n) is 2.47. The molecule has 0 spiro atoms. The van der Waals surface area contributed by atoms with Gasteiger partial charge in [-0.1, -0.05) is 6.07 Å². The molecule has 98 valence electrons. The Kier molecular flexibility index (Phi) is 3.42. The highest BCUT2D eigenvalue weighted by molar-refractivity contribution is 5.38. The lowest BCUT2D eigenvalue weighted by Gasteiger charge is -2.22. The molecule has 0 bridgehead atoms. The molecule has 0 fully saturated rings. The van der Waals surface area contributed by atoms with E-state index in [4.69, 9.17) is 10.5 Å². The Morgan fingerprint density at radius 2 is 2.11 bits per heavy atom. The summed E-state index contributed by atoms with van der Waals surface area (Å²) in [4.78, 5) is 8.27. The third-order valence-corrected chi connectivity index (χ3v) is 3.46. The maximum Gasteiger partial charge on any atom is 0.166 e. The molecule has 0 radical (unpaired) electrons. The van der Waals surface area contributed by atoms with E-state index in [1.165, 1.54) is 11.1 Å². The molecule has 4 heteroatoms. The van der Waals surface area contributed by atoms with Gasteiger partial charge >= 0.3 is 0 Å². The van der Waals surface area contributed by atoms with Crippen LogP contribution in [-0.2, 0) is 13.0 Å². The normalized spacial score (nSPS) is 17.8. The molecule has 0 aliphatic heterocycles. The van der Waals surface area contributed by atoms with Crippen LogP contribution in [0.4, 0.5) is 0 Å². The fourth-order valence-corrected chi connectivity index (χ4v) is 2.47. The van der Waals surface area contributed by atoms with Crippen molar-refractivity contribution in [2.45, 2.75) is 31.9 Å². The first-order valence-electron chi connectivity index (χ1n) is 6.60. The second-order valence-corrected chi connectivity index (χ2v) is 4.81. The van der Waals surface area contributed by atoms with Crippen LogP contribution in [0.2, 0.25) is 0 Å². The summed E-state index contributed by atoms with van der Waals surface area (Å²) >= 11 is 0. The molecular formula is C15H17N3O. The third kappa shape index (κ3) is 2.74. The fraction of sp³-hybridized carbons (Fsp3) is 0.333. The van der Waals surface area contributed by atoms with Crippen LogP contribution in [-0.4, -0.2) is 9.97 Å². The average molecular weight is 255 g/mol. The van der Waals surface area contributed by atoms with Crippen LogP contribution in [0.3, 0.4) is 0 Å². The van der Waals surface area contributed by atoms with Crippen LogP contribution < -0.4 is 10.5 Å². The van der Waals surface area contributed by atoms with Crippen LogP contribution in [0.1, 0.15) is 35.8 Å². The van der Waals surface area contributed by atoms with E-state index in [-0.39, 0.29) is 6.04 Å². The predicted molar refractivity (Wildman–Crippen MR) is 72.7 cm³/mol. The molecule has 1 heterocycles. The second kappa shape index (κ2) is 5.36. The van der Waals surface area contributed by atoms with E-state index >= 15 is 0 Å². The summed E-state index contributed by atoms with van der Waals surface area (Å²) in [7, 11) is 0. The lowest BCUT2D eigenvalue weighted by molar-refractivity contribution is 0.295. The summed E-state index contributed by atoms with van der Waals surface area (Å²) in [5.41, 5.74) is 8.67. The van der Waals surface area contributed by atoms with Crippen molar-refractivity contribution in [1.29, 1.82) is 0 Å². The van der Waals surface area contributed by atoms with Crippen molar-refractivity contribution in [1.82, 2.24) is 9.97 Å². The number of hydrogen-bond acceptors (Lipinski definition) is 4. The van der Waals surface area contributed by atoms with Crippen LogP contribution >= 0.6 is 0 Å². The quantitative estimate of drug-likeness (QED) is 0.914. The number of nitrogens with zero attached hydrogens (tertiary/aromatic N) is 2. The van der Waals surface area contributed by atoms with Gasteiger partial charge < -0.3 is 10.5 Å². The van der Waals surface area contributed by atoms with Gasteiger partial charge in [0.2, 0.25) is 0 Å². The number of fused-ring (bicyclic) bond motifs is 1. The van der Waals surface area contributed by atoms with Crippen molar-refractivity contribution in [2.24, 2.45) is 5.73 Å². The summed E-state index contributed by atoms with van der Waals surface area (Å²) in [5, 5.41) is 0. The number of aryl methyl sites for hydroxylation is 1.